The van der Waals surface area contributed by atoms with E-state index in [9.17, 15) is 9.59 Å². The summed E-state index contributed by atoms with van der Waals surface area (Å²) in [5.41, 5.74) is 3.05. The van der Waals surface area contributed by atoms with Gasteiger partial charge < -0.3 is 10.1 Å². The Morgan fingerprint density at radius 1 is 1.08 bits per heavy atom. The molecule has 0 radical (unpaired) electrons. The van der Waals surface area contributed by atoms with Crippen molar-refractivity contribution in [1.82, 2.24) is 0 Å². The predicted octanol–water partition coefficient (Wildman–Crippen LogP) is 3.80. The van der Waals surface area contributed by atoms with Gasteiger partial charge in [0.25, 0.3) is 5.91 Å². The first-order valence-corrected chi connectivity index (χ1v) is 8.89. The van der Waals surface area contributed by atoms with Gasteiger partial charge in [-0.1, -0.05) is 48.0 Å². The van der Waals surface area contributed by atoms with Crippen LogP contribution in [0.15, 0.2) is 54.6 Å². The van der Waals surface area contributed by atoms with Gasteiger partial charge in [-0.3, -0.25) is 9.59 Å². The molecule has 0 aliphatic rings. The largest absolute Gasteiger partial charge is 0.452 e. The summed E-state index contributed by atoms with van der Waals surface area (Å²) in [6.07, 6.45) is -0.822. The monoisotopic (exact) mass is 343 g/mol. The Morgan fingerprint density at radius 3 is 2.42 bits per heavy atom. The Labute approximate surface area is 146 Å². The molecule has 0 saturated heterocycles. The predicted molar refractivity (Wildman–Crippen MR) is 98.0 cm³/mol. The number of hydrogen-bond donors (Lipinski definition) is 1. The fraction of sp³-hybridized carbons (Fsp3) is 0.263. The molecule has 0 aliphatic heterocycles. The second-order valence-corrected chi connectivity index (χ2v) is 6.45. The third-order valence-electron chi connectivity index (χ3n) is 3.33. The van der Waals surface area contributed by atoms with E-state index in [1.54, 1.807) is 19.1 Å². The van der Waals surface area contributed by atoms with Crippen LogP contribution < -0.4 is 5.32 Å². The zero-order valence-electron chi connectivity index (χ0n) is 13.8. The van der Waals surface area contributed by atoms with Gasteiger partial charge in [-0.15, -0.1) is 11.8 Å². The van der Waals surface area contributed by atoms with E-state index in [0.29, 0.717) is 5.69 Å². The first kappa shape index (κ1) is 18.1. The number of aryl methyl sites for hydroxylation is 1. The Hall–Kier alpha value is -2.27. The molecule has 0 saturated carbocycles. The van der Waals surface area contributed by atoms with Crippen molar-refractivity contribution in [2.45, 2.75) is 25.7 Å². The summed E-state index contributed by atoms with van der Waals surface area (Å²) >= 11 is 1.47. The van der Waals surface area contributed by atoms with E-state index in [1.807, 2.05) is 49.4 Å². The molecule has 1 atom stereocenters. The molecule has 0 bridgehead atoms. The van der Waals surface area contributed by atoms with E-state index in [-0.39, 0.29) is 17.6 Å². The van der Waals surface area contributed by atoms with E-state index in [0.717, 1.165) is 11.3 Å². The lowest BCUT2D eigenvalue weighted by atomic mass is 10.2. The molecule has 4 nitrogen and oxygen atoms in total. The highest BCUT2D eigenvalue weighted by atomic mass is 32.2. The van der Waals surface area contributed by atoms with Crippen molar-refractivity contribution in [2.24, 2.45) is 0 Å². The third-order valence-corrected chi connectivity index (χ3v) is 4.31. The molecule has 5 heteroatoms. The minimum atomic E-state index is -0.822. The fourth-order valence-corrected chi connectivity index (χ4v) is 2.75. The van der Waals surface area contributed by atoms with Crippen LogP contribution in [0.3, 0.4) is 0 Å². The van der Waals surface area contributed by atoms with Crippen LogP contribution in [0.25, 0.3) is 0 Å². The molecule has 2 aromatic carbocycles. The lowest BCUT2D eigenvalue weighted by Crippen LogP contribution is -2.30. The Bertz CT molecular complexity index is 671. The molecule has 0 aliphatic carbocycles. The summed E-state index contributed by atoms with van der Waals surface area (Å²) in [5.74, 6) is 0.234. The van der Waals surface area contributed by atoms with E-state index in [2.05, 4.69) is 5.32 Å². The highest BCUT2D eigenvalue weighted by Gasteiger charge is 2.17. The van der Waals surface area contributed by atoms with Gasteiger partial charge in [0.1, 0.15) is 0 Å². The highest BCUT2D eigenvalue weighted by Crippen LogP contribution is 2.14. The third kappa shape index (κ3) is 6.08. The molecule has 0 fully saturated rings. The zero-order chi connectivity index (χ0) is 17.4. The lowest BCUT2D eigenvalue weighted by Gasteiger charge is -2.13. The molecule has 24 heavy (non-hydrogen) atoms. The molecule has 0 heterocycles. The van der Waals surface area contributed by atoms with Gasteiger partial charge in [-0.25, -0.2) is 0 Å². The number of ether oxygens (including phenoxy) is 1. The number of nitrogens with one attached hydrogen (secondary N) is 1. The van der Waals surface area contributed by atoms with Gasteiger partial charge in [0.05, 0.1) is 5.75 Å². The molecule has 0 unspecified atom stereocenters. The van der Waals surface area contributed by atoms with Crippen LogP contribution in [0.1, 0.15) is 18.1 Å². The van der Waals surface area contributed by atoms with E-state index >= 15 is 0 Å². The molecule has 2 aromatic rings. The molecule has 0 aromatic heterocycles. The topological polar surface area (TPSA) is 55.4 Å². The fourth-order valence-electron chi connectivity index (χ4n) is 1.99. The number of hydrogen-bond acceptors (Lipinski definition) is 4. The number of thioether (sulfide) groups is 1. The molecular weight excluding hydrogens is 322 g/mol. The Kier molecular flexibility index (Phi) is 6.88. The van der Waals surface area contributed by atoms with Gasteiger partial charge in [-0.05, 0) is 31.5 Å². The van der Waals surface area contributed by atoms with Crippen LogP contribution in [0.5, 0.6) is 0 Å². The van der Waals surface area contributed by atoms with Crippen molar-refractivity contribution in [3.63, 3.8) is 0 Å². The van der Waals surface area contributed by atoms with Crippen molar-refractivity contribution >= 4 is 29.3 Å². The first-order chi connectivity index (χ1) is 11.5. The van der Waals surface area contributed by atoms with Crippen molar-refractivity contribution in [3.8, 4) is 0 Å². The average molecular weight is 343 g/mol. The summed E-state index contributed by atoms with van der Waals surface area (Å²) in [6.45, 7) is 3.61. The molecule has 1 N–H and O–H groups in total. The van der Waals surface area contributed by atoms with Crippen LogP contribution >= 0.6 is 11.8 Å². The van der Waals surface area contributed by atoms with Gasteiger partial charge in [0.15, 0.2) is 6.10 Å². The van der Waals surface area contributed by atoms with Crippen LogP contribution in [-0.4, -0.2) is 23.7 Å². The van der Waals surface area contributed by atoms with Crippen molar-refractivity contribution in [3.05, 3.63) is 65.7 Å². The van der Waals surface area contributed by atoms with Crippen LogP contribution in [0, 0.1) is 6.92 Å². The van der Waals surface area contributed by atoms with Crippen LogP contribution in [0.2, 0.25) is 0 Å². The number of esters is 1. The van der Waals surface area contributed by atoms with Gasteiger partial charge >= 0.3 is 5.97 Å². The average Bonchev–Trinajstić information content (AvgIpc) is 2.57. The first-order valence-electron chi connectivity index (χ1n) is 7.73. The second-order valence-electron chi connectivity index (χ2n) is 5.47. The van der Waals surface area contributed by atoms with Gasteiger partial charge in [-0.2, -0.15) is 0 Å². The van der Waals surface area contributed by atoms with E-state index in [4.69, 9.17) is 4.74 Å². The Morgan fingerprint density at radius 2 is 1.75 bits per heavy atom. The summed E-state index contributed by atoms with van der Waals surface area (Å²) < 4.78 is 5.17. The van der Waals surface area contributed by atoms with Gasteiger partial charge in [0, 0.05) is 11.4 Å². The van der Waals surface area contributed by atoms with E-state index < -0.39 is 6.10 Å². The number of benzene rings is 2. The number of amides is 1. The second kappa shape index (κ2) is 9.13. The summed E-state index contributed by atoms with van der Waals surface area (Å²) in [6, 6.07) is 17.3. The van der Waals surface area contributed by atoms with E-state index in [1.165, 1.54) is 17.3 Å². The number of carbonyl (C=O) groups excluding carboxylic acids is 2. The maximum Gasteiger partial charge on any atom is 0.316 e. The molecule has 2 rings (SSSR count). The number of carbonyl (C=O) groups is 2. The van der Waals surface area contributed by atoms with Gasteiger partial charge in [0.2, 0.25) is 0 Å². The molecule has 0 spiro atoms. The maximum absolute atomic E-state index is 12.0. The minimum absolute atomic E-state index is 0.219. The molecular formula is C19H21NO3S. The number of anilines is 1. The number of para-hydroxylation sites is 1. The minimum Gasteiger partial charge on any atom is -0.452 e. The highest BCUT2D eigenvalue weighted by molar-refractivity contribution is 7.99. The van der Waals surface area contributed by atoms with Crippen LogP contribution in [0.4, 0.5) is 5.69 Å². The van der Waals surface area contributed by atoms with Crippen molar-refractivity contribution in [2.75, 3.05) is 11.1 Å². The molecule has 1 amide bonds. The lowest BCUT2D eigenvalue weighted by molar-refractivity contribution is -0.150. The number of rotatable bonds is 7. The maximum atomic E-state index is 12.0. The summed E-state index contributed by atoms with van der Waals surface area (Å²) in [7, 11) is 0. The zero-order valence-corrected chi connectivity index (χ0v) is 14.6. The quantitative estimate of drug-likeness (QED) is 0.777. The normalized spacial score (nSPS) is 11.6. The van der Waals surface area contributed by atoms with Crippen molar-refractivity contribution in [1.29, 1.82) is 0 Å². The SMILES string of the molecule is Cc1ccc(CSCC(=O)O[C@@H](C)C(=O)Nc2ccccc2)cc1. The molecule has 126 valence electrons. The summed E-state index contributed by atoms with van der Waals surface area (Å²) in [5, 5.41) is 2.71. The smallest absolute Gasteiger partial charge is 0.316 e. The summed E-state index contributed by atoms with van der Waals surface area (Å²) in [4.78, 5) is 23.8. The standard InChI is InChI=1S/C19H21NO3S/c1-14-8-10-16(11-9-14)12-24-13-18(21)23-15(2)19(22)20-17-6-4-3-5-7-17/h3-11,15H,12-13H2,1-2H3,(H,20,22)/t15-/m0/s1. The Balaban J connectivity index is 1.71. The van der Waals surface area contributed by atoms with Crippen molar-refractivity contribution < 1.29 is 14.3 Å². The van der Waals surface area contributed by atoms with Crippen LogP contribution in [-0.2, 0) is 20.1 Å².